The second-order valence-corrected chi connectivity index (χ2v) is 8.33. The average Bonchev–Trinajstić information content (AvgIpc) is 3.10. The Bertz CT molecular complexity index is 723. The van der Waals surface area contributed by atoms with E-state index in [-0.39, 0.29) is 5.91 Å². The van der Waals surface area contributed by atoms with Crippen molar-refractivity contribution >= 4 is 34.2 Å². The molecule has 1 aliphatic rings. The Morgan fingerprint density at radius 2 is 2.04 bits per heavy atom. The molecule has 2 aromatic rings. The Balaban J connectivity index is 1.48. The lowest BCUT2D eigenvalue weighted by atomic mass is 9.97. The smallest absolute Gasteiger partial charge is 0.237 e. The summed E-state index contributed by atoms with van der Waals surface area (Å²) in [6.07, 6.45) is 2.86. The van der Waals surface area contributed by atoms with Gasteiger partial charge in [-0.05, 0) is 38.2 Å². The van der Waals surface area contributed by atoms with Crippen molar-refractivity contribution < 1.29 is 4.79 Å². The minimum atomic E-state index is -0.469. The minimum absolute atomic E-state index is 0.0843. The van der Waals surface area contributed by atoms with Crippen LogP contribution in [0.3, 0.4) is 0 Å². The third kappa shape index (κ3) is 5.17. The molecule has 1 aromatic heterocycles. The Morgan fingerprint density at radius 1 is 1.35 bits per heavy atom. The van der Waals surface area contributed by atoms with E-state index in [0.29, 0.717) is 12.5 Å². The number of carbonyl (C=O) groups is 1. The Morgan fingerprint density at radius 3 is 2.69 bits per heavy atom. The molecule has 7 heteroatoms. The van der Waals surface area contributed by atoms with Crippen molar-refractivity contribution in [1.82, 2.24) is 14.7 Å². The Hall–Kier alpha value is -1.66. The first-order valence-electron chi connectivity index (χ1n) is 9.06. The number of nitrogens with one attached hydrogen (secondary N) is 1. The number of benzene rings is 1. The van der Waals surface area contributed by atoms with Gasteiger partial charge in [0, 0.05) is 37.6 Å². The lowest BCUT2D eigenvalue weighted by Gasteiger charge is -2.31. The number of hydrogen-bond donors (Lipinski definition) is 1. The van der Waals surface area contributed by atoms with E-state index < -0.39 is 5.38 Å². The molecule has 1 N–H and O–H groups in total. The number of piperidine rings is 1. The molecule has 3 rings (SSSR count). The number of aromatic nitrogens is 2. The fourth-order valence-electron chi connectivity index (χ4n) is 3.05. The van der Waals surface area contributed by atoms with Crippen molar-refractivity contribution in [1.29, 1.82) is 0 Å². The van der Waals surface area contributed by atoms with Crippen LogP contribution < -0.4 is 10.2 Å². The number of aryl methyl sites for hydroxylation is 1. The molecular weight excluding hydrogens is 368 g/mol. The quantitative estimate of drug-likeness (QED) is 0.765. The zero-order valence-electron chi connectivity index (χ0n) is 15.2. The van der Waals surface area contributed by atoms with E-state index in [0.717, 1.165) is 43.3 Å². The number of nitrogens with zero attached hydrogens (tertiary/aromatic N) is 3. The number of rotatable bonds is 6. The van der Waals surface area contributed by atoms with Gasteiger partial charge in [0.2, 0.25) is 11.0 Å². The fourth-order valence-corrected chi connectivity index (χ4v) is 3.86. The van der Waals surface area contributed by atoms with Gasteiger partial charge in [0.25, 0.3) is 0 Å². The number of amides is 1. The molecule has 0 radical (unpaired) electrons. The molecule has 1 amide bonds. The van der Waals surface area contributed by atoms with Gasteiger partial charge in [-0.15, -0.1) is 11.6 Å². The van der Waals surface area contributed by atoms with E-state index in [1.165, 1.54) is 22.7 Å². The molecule has 140 valence electrons. The topological polar surface area (TPSA) is 58.1 Å². The number of hydrogen-bond acceptors (Lipinski definition) is 5. The molecular formula is C19H25ClN4OS. The van der Waals surface area contributed by atoms with Gasteiger partial charge in [-0.25, -0.2) is 4.98 Å². The number of halogens is 1. The van der Waals surface area contributed by atoms with Crippen LogP contribution in [0.4, 0.5) is 5.13 Å². The lowest BCUT2D eigenvalue weighted by Crippen LogP contribution is -2.40. The fraction of sp³-hybridized carbons (Fsp3) is 0.526. The highest BCUT2D eigenvalue weighted by molar-refractivity contribution is 7.09. The van der Waals surface area contributed by atoms with Gasteiger partial charge >= 0.3 is 0 Å². The van der Waals surface area contributed by atoms with Crippen LogP contribution in [-0.4, -0.2) is 40.3 Å². The molecule has 1 aliphatic heterocycles. The highest BCUT2D eigenvalue weighted by Gasteiger charge is 2.22. The molecule has 26 heavy (non-hydrogen) atoms. The molecule has 1 unspecified atom stereocenters. The van der Waals surface area contributed by atoms with E-state index in [1.807, 2.05) is 0 Å². The maximum absolute atomic E-state index is 11.6. The first kappa shape index (κ1) is 19.1. The summed E-state index contributed by atoms with van der Waals surface area (Å²) in [5.74, 6) is 1.31. The molecule has 0 spiro atoms. The molecule has 2 heterocycles. The third-order valence-corrected chi connectivity index (χ3v) is 5.76. The van der Waals surface area contributed by atoms with Crippen LogP contribution in [0.2, 0.25) is 0 Å². The average molecular weight is 393 g/mol. The van der Waals surface area contributed by atoms with E-state index in [1.54, 1.807) is 6.92 Å². The lowest BCUT2D eigenvalue weighted by molar-refractivity contribution is -0.120. The van der Waals surface area contributed by atoms with E-state index >= 15 is 0 Å². The molecule has 1 saturated heterocycles. The van der Waals surface area contributed by atoms with Crippen LogP contribution in [0, 0.1) is 12.8 Å². The summed E-state index contributed by atoms with van der Waals surface area (Å²) in [5, 5.41) is 3.46. The zero-order chi connectivity index (χ0) is 18.5. The molecule has 1 aromatic carbocycles. The first-order valence-corrected chi connectivity index (χ1v) is 10.3. The Labute approximate surface area is 163 Å². The van der Waals surface area contributed by atoms with Gasteiger partial charge in [0.1, 0.15) is 11.2 Å². The largest absolute Gasteiger partial charge is 0.355 e. The summed E-state index contributed by atoms with van der Waals surface area (Å²) in [7, 11) is 0. The highest BCUT2D eigenvalue weighted by Crippen LogP contribution is 2.25. The normalized spacial score (nSPS) is 16.5. The number of anilines is 1. The van der Waals surface area contributed by atoms with Crippen molar-refractivity contribution in [2.24, 2.45) is 5.92 Å². The zero-order valence-corrected chi connectivity index (χ0v) is 16.8. The predicted octanol–water partition coefficient (Wildman–Crippen LogP) is 3.40. The second-order valence-electron chi connectivity index (χ2n) is 6.95. The molecule has 0 saturated carbocycles. The van der Waals surface area contributed by atoms with Gasteiger partial charge in [0.15, 0.2) is 0 Å². The van der Waals surface area contributed by atoms with Crippen LogP contribution in [0.25, 0.3) is 0 Å². The van der Waals surface area contributed by atoms with Gasteiger partial charge < -0.3 is 10.2 Å². The van der Waals surface area contributed by atoms with Crippen LogP contribution in [-0.2, 0) is 11.2 Å². The van der Waals surface area contributed by atoms with Crippen molar-refractivity contribution in [3.8, 4) is 0 Å². The summed E-state index contributed by atoms with van der Waals surface area (Å²) < 4.78 is 4.52. The van der Waals surface area contributed by atoms with Crippen molar-refractivity contribution in [2.75, 3.05) is 24.5 Å². The Kier molecular flexibility index (Phi) is 6.48. The standard InChI is InChI=1S/C19H25ClN4OS/c1-13-3-5-15(6-4-13)11-17-22-19(26-23-17)24-9-7-16(8-10-24)12-21-18(25)14(2)20/h3-6,14,16H,7-12H2,1-2H3,(H,21,25). The van der Waals surface area contributed by atoms with Crippen molar-refractivity contribution in [3.05, 3.63) is 41.2 Å². The molecule has 1 fully saturated rings. The summed E-state index contributed by atoms with van der Waals surface area (Å²) in [6, 6.07) is 8.52. The van der Waals surface area contributed by atoms with E-state index in [2.05, 4.69) is 45.8 Å². The van der Waals surface area contributed by atoms with Gasteiger partial charge in [0.05, 0.1) is 0 Å². The molecule has 1 atom stereocenters. The number of carbonyl (C=O) groups excluding carboxylic acids is 1. The van der Waals surface area contributed by atoms with Crippen LogP contribution in [0.5, 0.6) is 0 Å². The molecule has 5 nitrogen and oxygen atoms in total. The summed E-state index contributed by atoms with van der Waals surface area (Å²) in [5.41, 5.74) is 2.50. The van der Waals surface area contributed by atoms with E-state index in [9.17, 15) is 4.79 Å². The first-order chi connectivity index (χ1) is 12.5. The predicted molar refractivity (Wildman–Crippen MR) is 107 cm³/mol. The minimum Gasteiger partial charge on any atom is -0.355 e. The molecule has 0 aliphatic carbocycles. The summed E-state index contributed by atoms with van der Waals surface area (Å²) >= 11 is 7.26. The van der Waals surface area contributed by atoms with Gasteiger partial charge in [-0.1, -0.05) is 29.8 Å². The maximum Gasteiger partial charge on any atom is 0.237 e. The second kappa shape index (κ2) is 8.82. The van der Waals surface area contributed by atoms with Crippen molar-refractivity contribution in [3.63, 3.8) is 0 Å². The van der Waals surface area contributed by atoms with Crippen LogP contribution >= 0.6 is 23.1 Å². The van der Waals surface area contributed by atoms with Crippen LogP contribution in [0.1, 0.15) is 36.7 Å². The van der Waals surface area contributed by atoms with Gasteiger partial charge in [-0.3, -0.25) is 4.79 Å². The monoisotopic (exact) mass is 392 g/mol. The van der Waals surface area contributed by atoms with Gasteiger partial charge in [-0.2, -0.15) is 4.37 Å². The summed E-state index contributed by atoms with van der Waals surface area (Å²) in [6.45, 7) is 6.40. The summed E-state index contributed by atoms with van der Waals surface area (Å²) in [4.78, 5) is 18.6. The van der Waals surface area contributed by atoms with Crippen molar-refractivity contribution in [2.45, 2.75) is 38.5 Å². The van der Waals surface area contributed by atoms with Crippen LogP contribution in [0.15, 0.2) is 24.3 Å². The number of alkyl halides is 1. The highest BCUT2D eigenvalue weighted by atomic mass is 35.5. The van der Waals surface area contributed by atoms with E-state index in [4.69, 9.17) is 16.6 Å². The molecule has 0 bridgehead atoms. The third-order valence-electron chi connectivity index (χ3n) is 4.75. The SMILES string of the molecule is Cc1ccc(Cc2nsc(N3CCC(CNC(=O)C(C)Cl)CC3)n2)cc1. The maximum atomic E-state index is 11.6.